The Bertz CT molecular complexity index is 613. The Morgan fingerprint density at radius 3 is 2.75 bits per heavy atom. The molecule has 2 aromatic rings. The fourth-order valence-corrected chi connectivity index (χ4v) is 2.72. The van der Waals surface area contributed by atoms with Crippen molar-refractivity contribution in [1.82, 2.24) is 5.32 Å². The van der Waals surface area contributed by atoms with Crippen LogP contribution in [0, 0.1) is 6.92 Å². The first-order valence-electron chi connectivity index (χ1n) is 7.09. The Labute approximate surface area is 119 Å². The molecule has 0 spiro atoms. The molecule has 0 fully saturated rings. The van der Waals surface area contributed by atoms with Gasteiger partial charge in [0.2, 0.25) is 0 Å². The highest BCUT2D eigenvalue weighted by Gasteiger charge is 2.31. The lowest BCUT2D eigenvalue weighted by molar-refractivity contribution is 0.137. The summed E-state index contributed by atoms with van der Waals surface area (Å²) in [5.41, 5.74) is 2.44. The minimum absolute atomic E-state index is 0.0867. The molecule has 1 aliphatic rings. The molecule has 0 saturated carbocycles. The number of para-hydroxylation sites is 1. The smallest absolute Gasteiger partial charge is 0.127 e. The van der Waals surface area contributed by atoms with E-state index in [-0.39, 0.29) is 5.60 Å². The predicted octanol–water partition coefficient (Wildman–Crippen LogP) is 3.59. The van der Waals surface area contributed by atoms with Crippen LogP contribution in [0.15, 0.2) is 34.7 Å². The van der Waals surface area contributed by atoms with E-state index in [1.807, 2.05) is 19.1 Å². The highest BCUT2D eigenvalue weighted by atomic mass is 16.5. The maximum atomic E-state index is 6.07. The second kappa shape index (κ2) is 4.98. The third-order valence-electron chi connectivity index (χ3n) is 3.58. The minimum Gasteiger partial charge on any atom is -0.487 e. The van der Waals surface area contributed by atoms with Crippen LogP contribution in [0.5, 0.6) is 5.75 Å². The van der Waals surface area contributed by atoms with Gasteiger partial charge in [-0.05, 0) is 38.5 Å². The van der Waals surface area contributed by atoms with Crippen molar-refractivity contribution in [2.24, 2.45) is 0 Å². The Hall–Kier alpha value is -1.74. The third-order valence-corrected chi connectivity index (χ3v) is 3.58. The molecule has 0 radical (unpaired) electrons. The SMILES string of the molecule is Cc1ccc(CNCc2cccc3c2OC(C)(C)C3)o1. The van der Waals surface area contributed by atoms with E-state index in [2.05, 4.69) is 37.4 Å². The number of hydrogen-bond acceptors (Lipinski definition) is 3. The number of ether oxygens (including phenoxy) is 1. The fraction of sp³-hybridized carbons (Fsp3) is 0.412. The first-order chi connectivity index (χ1) is 9.53. The average molecular weight is 271 g/mol. The van der Waals surface area contributed by atoms with Gasteiger partial charge in [0, 0.05) is 18.5 Å². The van der Waals surface area contributed by atoms with Crippen molar-refractivity contribution in [3.05, 3.63) is 53.0 Å². The zero-order valence-electron chi connectivity index (χ0n) is 12.3. The summed E-state index contributed by atoms with van der Waals surface area (Å²) >= 11 is 0. The van der Waals surface area contributed by atoms with Crippen LogP contribution in [0.4, 0.5) is 0 Å². The van der Waals surface area contributed by atoms with Gasteiger partial charge in [-0.2, -0.15) is 0 Å². The standard InChI is InChI=1S/C17H21NO2/c1-12-7-8-15(19-12)11-18-10-14-6-4-5-13-9-17(2,3)20-16(13)14/h4-8,18H,9-11H2,1-3H3. The summed E-state index contributed by atoms with van der Waals surface area (Å²) in [5, 5.41) is 3.41. The molecule has 0 saturated heterocycles. The van der Waals surface area contributed by atoms with Crippen molar-refractivity contribution in [3.8, 4) is 5.75 Å². The van der Waals surface area contributed by atoms with E-state index in [1.165, 1.54) is 11.1 Å². The van der Waals surface area contributed by atoms with Crippen molar-refractivity contribution in [2.45, 2.75) is 45.9 Å². The maximum Gasteiger partial charge on any atom is 0.127 e. The van der Waals surface area contributed by atoms with Gasteiger partial charge in [0.15, 0.2) is 0 Å². The quantitative estimate of drug-likeness (QED) is 0.922. The van der Waals surface area contributed by atoms with Crippen LogP contribution < -0.4 is 10.1 Å². The molecule has 3 rings (SSSR count). The van der Waals surface area contributed by atoms with Gasteiger partial charge in [-0.15, -0.1) is 0 Å². The van der Waals surface area contributed by atoms with E-state index in [0.29, 0.717) is 0 Å². The lowest BCUT2D eigenvalue weighted by Crippen LogP contribution is -2.25. The molecule has 0 atom stereocenters. The summed E-state index contributed by atoms with van der Waals surface area (Å²) < 4.78 is 11.6. The molecule has 0 unspecified atom stereocenters. The van der Waals surface area contributed by atoms with E-state index in [4.69, 9.17) is 9.15 Å². The van der Waals surface area contributed by atoms with Gasteiger partial charge in [-0.25, -0.2) is 0 Å². The van der Waals surface area contributed by atoms with Crippen molar-refractivity contribution >= 4 is 0 Å². The molecular formula is C17H21NO2. The van der Waals surface area contributed by atoms with Gasteiger partial charge in [0.25, 0.3) is 0 Å². The van der Waals surface area contributed by atoms with Gasteiger partial charge >= 0.3 is 0 Å². The van der Waals surface area contributed by atoms with Crippen molar-refractivity contribution < 1.29 is 9.15 Å². The van der Waals surface area contributed by atoms with Crippen LogP contribution in [0.1, 0.15) is 36.5 Å². The second-order valence-corrected chi connectivity index (χ2v) is 6.06. The van der Waals surface area contributed by atoms with E-state index in [0.717, 1.165) is 36.8 Å². The highest BCUT2D eigenvalue weighted by Crippen LogP contribution is 2.37. The summed E-state index contributed by atoms with van der Waals surface area (Å²) in [5.74, 6) is 2.98. The Balaban J connectivity index is 1.66. The van der Waals surface area contributed by atoms with Crippen LogP contribution in [0.3, 0.4) is 0 Å². The third kappa shape index (κ3) is 2.73. The average Bonchev–Trinajstić information content (AvgIpc) is 2.91. The van der Waals surface area contributed by atoms with Crippen LogP contribution in [0.25, 0.3) is 0 Å². The van der Waals surface area contributed by atoms with E-state index in [9.17, 15) is 0 Å². The largest absolute Gasteiger partial charge is 0.487 e. The normalized spacial score (nSPS) is 15.9. The summed E-state index contributed by atoms with van der Waals surface area (Å²) in [7, 11) is 0. The molecule has 1 N–H and O–H groups in total. The van der Waals surface area contributed by atoms with Gasteiger partial charge in [-0.3, -0.25) is 0 Å². The molecule has 0 bridgehead atoms. The number of hydrogen-bond donors (Lipinski definition) is 1. The molecule has 2 heterocycles. The number of aryl methyl sites for hydroxylation is 1. The zero-order chi connectivity index (χ0) is 14.2. The van der Waals surface area contributed by atoms with Crippen molar-refractivity contribution in [3.63, 3.8) is 0 Å². The summed E-state index contributed by atoms with van der Waals surface area (Å²) in [6.07, 6.45) is 0.980. The summed E-state index contributed by atoms with van der Waals surface area (Å²) in [4.78, 5) is 0. The molecule has 0 aliphatic carbocycles. The number of furan rings is 1. The predicted molar refractivity (Wildman–Crippen MR) is 78.8 cm³/mol. The topological polar surface area (TPSA) is 34.4 Å². The molecule has 3 nitrogen and oxygen atoms in total. The van der Waals surface area contributed by atoms with Gasteiger partial charge in [0.05, 0.1) is 6.54 Å². The zero-order valence-corrected chi connectivity index (χ0v) is 12.3. The summed E-state index contributed by atoms with van der Waals surface area (Å²) in [6, 6.07) is 10.4. The first-order valence-corrected chi connectivity index (χ1v) is 7.09. The summed E-state index contributed by atoms with van der Waals surface area (Å²) in [6.45, 7) is 7.76. The Morgan fingerprint density at radius 2 is 2.00 bits per heavy atom. The van der Waals surface area contributed by atoms with Gasteiger partial charge < -0.3 is 14.5 Å². The molecule has 3 heteroatoms. The molecule has 106 valence electrons. The van der Waals surface area contributed by atoms with E-state index < -0.39 is 0 Å². The lowest BCUT2D eigenvalue weighted by atomic mass is 10.0. The number of rotatable bonds is 4. The van der Waals surface area contributed by atoms with Gasteiger partial charge in [-0.1, -0.05) is 18.2 Å². The fourth-order valence-electron chi connectivity index (χ4n) is 2.72. The van der Waals surface area contributed by atoms with Crippen LogP contribution in [-0.4, -0.2) is 5.60 Å². The van der Waals surface area contributed by atoms with Crippen LogP contribution >= 0.6 is 0 Å². The van der Waals surface area contributed by atoms with Gasteiger partial charge in [0.1, 0.15) is 22.9 Å². The molecule has 1 aromatic carbocycles. The monoisotopic (exact) mass is 271 g/mol. The number of benzene rings is 1. The molecule has 20 heavy (non-hydrogen) atoms. The van der Waals surface area contributed by atoms with Crippen molar-refractivity contribution in [2.75, 3.05) is 0 Å². The minimum atomic E-state index is -0.0867. The molecular weight excluding hydrogens is 250 g/mol. The van der Waals surface area contributed by atoms with E-state index >= 15 is 0 Å². The van der Waals surface area contributed by atoms with Crippen molar-refractivity contribution in [1.29, 1.82) is 0 Å². The number of fused-ring (bicyclic) bond motifs is 1. The molecule has 1 aliphatic heterocycles. The maximum absolute atomic E-state index is 6.07. The lowest BCUT2D eigenvalue weighted by Gasteiger charge is -2.18. The molecule has 1 aromatic heterocycles. The van der Waals surface area contributed by atoms with E-state index in [1.54, 1.807) is 0 Å². The number of nitrogens with one attached hydrogen (secondary N) is 1. The first kappa shape index (κ1) is 13.3. The van der Waals surface area contributed by atoms with Crippen LogP contribution in [-0.2, 0) is 19.5 Å². The Kier molecular flexibility index (Phi) is 3.30. The Morgan fingerprint density at radius 1 is 1.15 bits per heavy atom. The van der Waals surface area contributed by atoms with Crippen LogP contribution in [0.2, 0.25) is 0 Å². The molecule has 0 amide bonds. The highest BCUT2D eigenvalue weighted by molar-refractivity contribution is 5.45. The second-order valence-electron chi connectivity index (χ2n) is 6.06.